The van der Waals surface area contributed by atoms with Gasteiger partial charge in [0.15, 0.2) is 0 Å². The van der Waals surface area contributed by atoms with E-state index in [2.05, 4.69) is 0 Å². The normalized spacial score (nSPS) is 12.2. The number of aliphatic hydroxyl groups is 1. The van der Waals surface area contributed by atoms with Gasteiger partial charge in [-0.3, -0.25) is 0 Å². The summed E-state index contributed by atoms with van der Waals surface area (Å²) in [7, 11) is 3.29. The van der Waals surface area contributed by atoms with E-state index < -0.39 is 6.10 Å². The Kier molecular flexibility index (Phi) is 4.99. The van der Waals surface area contributed by atoms with Crippen LogP contribution in [0.1, 0.15) is 33.9 Å². The minimum Gasteiger partial charge on any atom is -0.496 e. The minimum absolute atomic E-state index is 0.473. The molecule has 0 bridgehead atoms. The smallest absolute Gasteiger partial charge is 0.128 e. The van der Waals surface area contributed by atoms with Crippen LogP contribution < -0.4 is 4.74 Å². The van der Waals surface area contributed by atoms with Gasteiger partial charge in [0.1, 0.15) is 11.9 Å². The third kappa shape index (κ3) is 3.09. The van der Waals surface area contributed by atoms with Gasteiger partial charge in [-0.15, -0.1) is 0 Å². The largest absolute Gasteiger partial charge is 0.496 e. The number of benzene rings is 2. The van der Waals surface area contributed by atoms with Crippen molar-refractivity contribution >= 4 is 0 Å². The van der Waals surface area contributed by atoms with Crippen LogP contribution in [0.5, 0.6) is 5.75 Å². The van der Waals surface area contributed by atoms with Gasteiger partial charge in [-0.05, 0) is 36.1 Å². The molecule has 2 aromatic carbocycles. The van der Waals surface area contributed by atoms with Gasteiger partial charge >= 0.3 is 0 Å². The molecule has 0 spiro atoms. The van der Waals surface area contributed by atoms with E-state index in [1.807, 2.05) is 50.2 Å². The number of hydrogen-bond acceptors (Lipinski definition) is 3. The highest BCUT2D eigenvalue weighted by Gasteiger charge is 2.20. The zero-order chi connectivity index (χ0) is 15.4. The fourth-order valence-corrected chi connectivity index (χ4v) is 2.55. The number of hydrogen-bond donors (Lipinski definition) is 1. The van der Waals surface area contributed by atoms with Crippen LogP contribution >= 0.6 is 0 Å². The van der Waals surface area contributed by atoms with Crippen molar-refractivity contribution in [3.63, 3.8) is 0 Å². The molecular weight excluding hydrogens is 264 g/mol. The van der Waals surface area contributed by atoms with E-state index in [1.54, 1.807) is 14.2 Å². The summed E-state index contributed by atoms with van der Waals surface area (Å²) in [6.45, 7) is 4.51. The highest BCUT2D eigenvalue weighted by Crippen LogP contribution is 2.35. The Labute approximate surface area is 126 Å². The molecule has 1 atom stereocenters. The molecule has 0 amide bonds. The van der Waals surface area contributed by atoms with Gasteiger partial charge in [0.25, 0.3) is 0 Å². The first-order valence-corrected chi connectivity index (χ1v) is 6.99. The van der Waals surface area contributed by atoms with Crippen LogP contribution in [0, 0.1) is 13.8 Å². The molecule has 21 heavy (non-hydrogen) atoms. The first-order valence-electron chi connectivity index (χ1n) is 6.99. The quantitative estimate of drug-likeness (QED) is 0.913. The summed E-state index contributed by atoms with van der Waals surface area (Å²) in [5, 5.41) is 10.8. The lowest BCUT2D eigenvalue weighted by Crippen LogP contribution is -2.07. The Morgan fingerprint density at radius 2 is 1.71 bits per heavy atom. The number of ether oxygens (including phenoxy) is 2. The van der Waals surface area contributed by atoms with Gasteiger partial charge in [-0.2, -0.15) is 0 Å². The fraction of sp³-hybridized carbons (Fsp3) is 0.333. The van der Waals surface area contributed by atoms with Gasteiger partial charge in [-0.1, -0.05) is 36.4 Å². The summed E-state index contributed by atoms with van der Waals surface area (Å²) < 4.78 is 10.7. The van der Waals surface area contributed by atoms with E-state index in [0.717, 1.165) is 33.6 Å². The molecule has 0 aliphatic rings. The van der Waals surface area contributed by atoms with Crippen molar-refractivity contribution < 1.29 is 14.6 Å². The molecule has 0 heterocycles. The zero-order valence-electron chi connectivity index (χ0n) is 13.0. The van der Waals surface area contributed by atoms with Crippen LogP contribution in [-0.4, -0.2) is 19.3 Å². The van der Waals surface area contributed by atoms with Gasteiger partial charge < -0.3 is 14.6 Å². The maximum atomic E-state index is 10.8. The van der Waals surface area contributed by atoms with Gasteiger partial charge in [0.05, 0.1) is 13.7 Å². The first kappa shape index (κ1) is 15.5. The zero-order valence-corrected chi connectivity index (χ0v) is 13.0. The van der Waals surface area contributed by atoms with Crippen molar-refractivity contribution in [1.29, 1.82) is 0 Å². The molecule has 0 saturated carbocycles. The Balaban J connectivity index is 2.50. The first-order chi connectivity index (χ1) is 10.1. The molecule has 3 heteroatoms. The lowest BCUT2D eigenvalue weighted by molar-refractivity contribution is 0.175. The molecule has 0 radical (unpaired) electrons. The van der Waals surface area contributed by atoms with Crippen LogP contribution in [0.2, 0.25) is 0 Å². The van der Waals surface area contributed by atoms with Crippen LogP contribution in [-0.2, 0) is 11.3 Å². The lowest BCUT2D eigenvalue weighted by Gasteiger charge is -2.20. The molecular formula is C18H22O3. The predicted molar refractivity (Wildman–Crippen MR) is 83.7 cm³/mol. The average molecular weight is 286 g/mol. The Hall–Kier alpha value is -1.84. The monoisotopic (exact) mass is 286 g/mol. The van der Waals surface area contributed by atoms with Gasteiger partial charge in [0.2, 0.25) is 0 Å². The molecule has 0 aliphatic carbocycles. The summed E-state index contributed by atoms with van der Waals surface area (Å²) in [6.07, 6.45) is -0.731. The molecule has 0 saturated heterocycles. The van der Waals surface area contributed by atoms with Gasteiger partial charge in [0, 0.05) is 12.7 Å². The predicted octanol–water partition coefficient (Wildman–Crippen LogP) is 3.54. The third-order valence-corrected chi connectivity index (χ3v) is 3.86. The maximum Gasteiger partial charge on any atom is 0.128 e. The second-order valence-corrected chi connectivity index (χ2v) is 5.16. The molecule has 0 aliphatic heterocycles. The second kappa shape index (κ2) is 6.74. The number of aryl methyl sites for hydroxylation is 1. The van der Waals surface area contributed by atoms with Crippen molar-refractivity contribution in [1.82, 2.24) is 0 Å². The Morgan fingerprint density at radius 1 is 1.00 bits per heavy atom. The van der Waals surface area contributed by atoms with Crippen molar-refractivity contribution in [2.75, 3.05) is 14.2 Å². The third-order valence-electron chi connectivity index (χ3n) is 3.86. The molecule has 2 aromatic rings. The van der Waals surface area contributed by atoms with E-state index in [0.29, 0.717) is 6.61 Å². The highest BCUT2D eigenvalue weighted by molar-refractivity contribution is 5.49. The van der Waals surface area contributed by atoms with Crippen molar-refractivity contribution in [3.8, 4) is 5.75 Å². The molecule has 0 aromatic heterocycles. The van der Waals surface area contributed by atoms with Crippen LogP contribution in [0.3, 0.4) is 0 Å². The minimum atomic E-state index is -0.731. The van der Waals surface area contributed by atoms with Crippen LogP contribution in [0.25, 0.3) is 0 Å². The summed E-state index contributed by atoms with van der Waals surface area (Å²) in [5.41, 5.74) is 4.81. The molecule has 0 fully saturated rings. The molecule has 1 N–H and O–H groups in total. The van der Waals surface area contributed by atoms with Crippen molar-refractivity contribution in [2.45, 2.75) is 26.6 Å². The van der Waals surface area contributed by atoms with Crippen molar-refractivity contribution in [3.05, 3.63) is 64.2 Å². The standard InChI is InChI=1S/C18H22O3/c1-12-9-10-16(18(21-4)13(12)2)17(19)15-8-6-5-7-14(15)11-20-3/h5-10,17,19H,11H2,1-4H3. The lowest BCUT2D eigenvalue weighted by atomic mass is 9.93. The van der Waals surface area contributed by atoms with E-state index >= 15 is 0 Å². The Bertz CT molecular complexity index is 620. The van der Waals surface area contributed by atoms with Gasteiger partial charge in [-0.25, -0.2) is 0 Å². The summed E-state index contributed by atoms with van der Waals surface area (Å²) in [5.74, 6) is 0.745. The average Bonchev–Trinajstić information content (AvgIpc) is 2.50. The fourth-order valence-electron chi connectivity index (χ4n) is 2.55. The topological polar surface area (TPSA) is 38.7 Å². The van der Waals surface area contributed by atoms with E-state index in [4.69, 9.17) is 9.47 Å². The molecule has 3 nitrogen and oxygen atoms in total. The summed E-state index contributed by atoms with van der Waals surface area (Å²) >= 11 is 0. The van der Waals surface area contributed by atoms with Crippen molar-refractivity contribution in [2.24, 2.45) is 0 Å². The Morgan fingerprint density at radius 3 is 2.38 bits per heavy atom. The SMILES string of the molecule is COCc1ccccc1C(O)c1ccc(C)c(C)c1OC. The highest BCUT2D eigenvalue weighted by atomic mass is 16.5. The van der Waals surface area contributed by atoms with E-state index in [1.165, 1.54) is 0 Å². The number of methoxy groups -OCH3 is 2. The van der Waals surface area contributed by atoms with E-state index in [-0.39, 0.29) is 0 Å². The summed E-state index contributed by atoms with van der Waals surface area (Å²) in [6, 6.07) is 11.7. The number of rotatable bonds is 5. The molecule has 2 rings (SSSR count). The molecule has 1 unspecified atom stereocenters. The van der Waals surface area contributed by atoms with Crippen LogP contribution in [0.4, 0.5) is 0 Å². The second-order valence-electron chi connectivity index (χ2n) is 5.16. The maximum absolute atomic E-state index is 10.8. The summed E-state index contributed by atoms with van der Waals surface area (Å²) in [4.78, 5) is 0. The van der Waals surface area contributed by atoms with E-state index in [9.17, 15) is 5.11 Å². The number of aliphatic hydroxyl groups excluding tert-OH is 1. The van der Waals surface area contributed by atoms with Crippen LogP contribution in [0.15, 0.2) is 36.4 Å². The molecule has 112 valence electrons.